The van der Waals surface area contributed by atoms with Crippen LogP contribution in [0.1, 0.15) is 29.8 Å². The Morgan fingerprint density at radius 3 is 2.76 bits per heavy atom. The van der Waals surface area contributed by atoms with Crippen LogP contribution in [0.4, 0.5) is 0 Å². The number of hydrogen-bond donors (Lipinski definition) is 0. The molecule has 17 heavy (non-hydrogen) atoms. The third-order valence-electron chi connectivity index (χ3n) is 2.51. The molecular weight excluding hydrogens is 232 g/mol. The van der Waals surface area contributed by atoms with Crippen molar-refractivity contribution in [3.8, 4) is 0 Å². The normalized spacial score (nSPS) is 10.8. The summed E-state index contributed by atoms with van der Waals surface area (Å²) in [5, 5.41) is 3.88. The first-order valence-electron chi connectivity index (χ1n) is 5.70. The molecule has 90 valence electrons. The Morgan fingerprint density at radius 1 is 1.29 bits per heavy atom. The summed E-state index contributed by atoms with van der Waals surface area (Å²) in [7, 11) is 0. The smallest absolute Gasteiger partial charge is 0.237 e. The highest BCUT2D eigenvalue weighted by molar-refractivity contribution is 7.98. The van der Waals surface area contributed by atoms with Crippen LogP contribution in [-0.4, -0.2) is 10.1 Å². The van der Waals surface area contributed by atoms with Crippen molar-refractivity contribution in [3.05, 3.63) is 41.0 Å². The van der Waals surface area contributed by atoms with Crippen LogP contribution in [0.3, 0.4) is 0 Å². The minimum atomic E-state index is 0.701. The van der Waals surface area contributed by atoms with Crippen molar-refractivity contribution in [2.45, 2.75) is 37.8 Å². The highest BCUT2D eigenvalue weighted by Crippen LogP contribution is 2.26. The molecule has 0 spiro atoms. The topological polar surface area (TPSA) is 38.9 Å². The lowest BCUT2D eigenvalue weighted by Crippen LogP contribution is -1.86. The van der Waals surface area contributed by atoms with Crippen molar-refractivity contribution in [1.82, 2.24) is 10.1 Å². The number of hydrogen-bond acceptors (Lipinski definition) is 4. The molecule has 0 aliphatic heterocycles. The van der Waals surface area contributed by atoms with Crippen molar-refractivity contribution >= 4 is 11.8 Å². The lowest BCUT2D eigenvalue weighted by Gasteiger charge is -2.04. The molecule has 0 N–H and O–H groups in total. The zero-order valence-corrected chi connectivity index (χ0v) is 11.2. The third-order valence-corrected chi connectivity index (χ3v) is 3.67. The molecule has 0 aliphatic rings. The molecule has 0 bridgehead atoms. The van der Waals surface area contributed by atoms with Crippen molar-refractivity contribution < 1.29 is 4.52 Å². The van der Waals surface area contributed by atoms with E-state index in [0.29, 0.717) is 5.89 Å². The van der Waals surface area contributed by atoms with Gasteiger partial charge in [-0.15, -0.1) is 11.8 Å². The summed E-state index contributed by atoms with van der Waals surface area (Å²) in [6.07, 6.45) is 0.817. The molecule has 3 nitrogen and oxygen atoms in total. The van der Waals surface area contributed by atoms with Gasteiger partial charge in [-0.3, -0.25) is 0 Å². The van der Waals surface area contributed by atoms with Gasteiger partial charge in [0.1, 0.15) is 0 Å². The van der Waals surface area contributed by atoms with Gasteiger partial charge in [0.05, 0.1) is 5.75 Å². The molecule has 1 heterocycles. The average Bonchev–Trinajstić information content (AvgIpc) is 2.76. The second-order valence-corrected chi connectivity index (χ2v) is 5.03. The molecule has 0 fully saturated rings. The Bertz CT molecular complexity index is 508. The van der Waals surface area contributed by atoms with Gasteiger partial charge in [0.25, 0.3) is 0 Å². The molecule has 4 heteroatoms. The fourth-order valence-electron chi connectivity index (χ4n) is 1.59. The van der Waals surface area contributed by atoms with Gasteiger partial charge in [0.15, 0.2) is 5.82 Å². The molecule has 0 radical (unpaired) electrons. The van der Waals surface area contributed by atoms with Gasteiger partial charge >= 0.3 is 0 Å². The maximum absolute atomic E-state index is 5.16. The fraction of sp³-hybridized carbons (Fsp3) is 0.385. The van der Waals surface area contributed by atoms with Crippen LogP contribution in [0.25, 0.3) is 0 Å². The summed E-state index contributed by atoms with van der Waals surface area (Å²) in [5.74, 6) is 2.21. The van der Waals surface area contributed by atoms with E-state index >= 15 is 0 Å². The molecule has 0 atom stereocenters. The van der Waals surface area contributed by atoms with Crippen molar-refractivity contribution in [2.24, 2.45) is 0 Å². The number of nitrogens with zero attached hydrogens (tertiary/aromatic N) is 2. The molecule has 0 aliphatic carbocycles. The first kappa shape index (κ1) is 12.2. The average molecular weight is 248 g/mol. The zero-order valence-electron chi connectivity index (χ0n) is 10.4. The van der Waals surface area contributed by atoms with E-state index in [9.17, 15) is 0 Å². The molecule has 2 rings (SSSR count). The van der Waals surface area contributed by atoms with E-state index in [1.54, 1.807) is 11.8 Å². The van der Waals surface area contributed by atoms with Gasteiger partial charge in [0.2, 0.25) is 5.89 Å². The number of thioether (sulfide) groups is 1. The van der Waals surface area contributed by atoms with Gasteiger partial charge in [-0.25, -0.2) is 0 Å². The standard InChI is InChI=1S/C13H16N2OS/c1-4-12-14-13(16-15-12)8-17-11-6-5-9(2)7-10(11)3/h5-7H,4,8H2,1-3H3. The highest BCUT2D eigenvalue weighted by atomic mass is 32.2. The molecular formula is C13H16N2OS. The Kier molecular flexibility index (Phi) is 3.84. The van der Waals surface area contributed by atoms with Crippen LogP contribution in [0, 0.1) is 13.8 Å². The van der Waals surface area contributed by atoms with E-state index < -0.39 is 0 Å². The van der Waals surface area contributed by atoms with E-state index in [4.69, 9.17) is 4.52 Å². The van der Waals surface area contributed by atoms with Crippen LogP contribution in [0.15, 0.2) is 27.6 Å². The van der Waals surface area contributed by atoms with E-state index in [2.05, 4.69) is 42.2 Å². The van der Waals surface area contributed by atoms with E-state index in [0.717, 1.165) is 18.0 Å². The number of rotatable bonds is 4. The molecule has 0 amide bonds. The second-order valence-electron chi connectivity index (χ2n) is 4.02. The van der Waals surface area contributed by atoms with Crippen LogP contribution in [-0.2, 0) is 12.2 Å². The first-order valence-corrected chi connectivity index (χ1v) is 6.69. The van der Waals surface area contributed by atoms with Crippen molar-refractivity contribution in [2.75, 3.05) is 0 Å². The Labute approximate surface area is 106 Å². The van der Waals surface area contributed by atoms with Gasteiger partial charge in [0, 0.05) is 11.3 Å². The van der Waals surface area contributed by atoms with Crippen molar-refractivity contribution in [3.63, 3.8) is 0 Å². The minimum Gasteiger partial charge on any atom is -0.338 e. The quantitative estimate of drug-likeness (QED) is 0.776. The summed E-state index contributed by atoms with van der Waals surface area (Å²) in [4.78, 5) is 5.56. The Hall–Kier alpha value is -1.29. The molecule has 0 saturated heterocycles. The Balaban J connectivity index is 2.02. The summed E-state index contributed by atoms with van der Waals surface area (Å²) in [6, 6.07) is 6.46. The van der Waals surface area contributed by atoms with Crippen LogP contribution in [0.5, 0.6) is 0 Å². The lowest BCUT2D eigenvalue weighted by atomic mass is 10.2. The maximum atomic E-state index is 5.16. The maximum Gasteiger partial charge on any atom is 0.237 e. The van der Waals surface area contributed by atoms with Gasteiger partial charge in [-0.2, -0.15) is 4.98 Å². The number of aryl methyl sites for hydroxylation is 3. The second kappa shape index (κ2) is 5.36. The van der Waals surface area contributed by atoms with Gasteiger partial charge < -0.3 is 4.52 Å². The Morgan fingerprint density at radius 2 is 2.12 bits per heavy atom. The summed E-state index contributed by atoms with van der Waals surface area (Å²) in [5.41, 5.74) is 2.59. The van der Waals surface area contributed by atoms with Crippen LogP contribution in [0.2, 0.25) is 0 Å². The highest BCUT2D eigenvalue weighted by Gasteiger charge is 2.06. The monoisotopic (exact) mass is 248 g/mol. The summed E-state index contributed by atoms with van der Waals surface area (Å²) in [6.45, 7) is 6.25. The van der Waals surface area contributed by atoms with Gasteiger partial charge in [-0.05, 0) is 25.5 Å². The predicted octanol–water partition coefficient (Wildman–Crippen LogP) is 3.54. The lowest BCUT2D eigenvalue weighted by molar-refractivity contribution is 0.385. The molecule has 1 aromatic heterocycles. The largest absolute Gasteiger partial charge is 0.338 e. The van der Waals surface area contributed by atoms with E-state index in [1.165, 1.54) is 16.0 Å². The zero-order chi connectivity index (χ0) is 12.3. The van der Waals surface area contributed by atoms with Gasteiger partial charge in [-0.1, -0.05) is 29.8 Å². The fourth-order valence-corrected chi connectivity index (χ4v) is 2.44. The van der Waals surface area contributed by atoms with Crippen LogP contribution < -0.4 is 0 Å². The number of aromatic nitrogens is 2. The first-order chi connectivity index (χ1) is 8.19. The van der Waals surface area contributed by atoms with E-state index in [1.807, 2.05) is 6.92 Å². The molecule has 0 saturated carbocycles. The summed E-state index contributed by atoms with van der Waals surface area (Å²) < 4.78 is 5.16. The van der Waals surface area contributed by atoms with Crippen LogP contribution >= 0.6 is 11.8 Å². The minimum absolute atomic E-state index is 0.701. The molecule has 2 aromatic rings. The van der Waals surface area contributed by atoms with E-state index in [-0.39, 0.29) is 0 Å². The SMILES string of the molecule is CCc1noc(CSc2ccc(C)cc2C)n1. The summed E-state index contributed by atoms with van der Waals surface area (Å²) >= 11 is 1.74. The molecule has 0 unspecified atom stereocenters. The molecule has 1 aromatic carbocycles. The predicted molar refractivity (Wildman–Crippen MR) is 69.2 cm³/mol. The third kappa shape index (κ3) is 3.09. The number of benzene rings is 1. The van der Waals surface area contributed by atoms with Crippen molar-refractivity contribution in [1.29, 1.82) is 0 Å².